The van der Waals surface area contributed by atoms with Crippen LogP contribution in [-0.4, -0.2) is 9.13 Å². The molecule has 0 amide bonds. The van der Waals surface area contributed by atoms with Crippen LogP contribution < -0.4 is 4.90 Å². The van der Waals surface area contributed by atoms with Gasteiger partial charge in [-0.25, -0.2) is 0 Å². The molecule has 0 bridgehead atoms. The number of nitrogens with zero attached hydrogens (tertiary/aromatic N) is 3. The number of para-hydroxylation sites is 4. The first-order valence-corrected chi connectivity index (χ1v) is 21.9. The number of hydrogen-bond donors (Lipinski definition) is 0. The predicted octanol–water partition coefficient (Wildman–Crippen LogP) is 16.7. The Bertz CT molecular complexity index is 4170. The van der Waals surface area contributed by atoms with E-state index in [9.17, 15) is 0 Å². The summed E-state index contributed by atoms with van der Waals surface area (Å²) in [6, 6.07) is 81.6. The van der Waals surface area contributed by atoms with Crippen molar-refractivity contribution in [1.29, 1.82) is 0 Å². The van der Waals surface area contributed by atoms with Crippen molar-refractivity contribution in [2.24, 2.45) is 0 Å². The van der Waals surface area contributed by atoms with Crippen LogP contribution in [0.2, 0.25) is 0 Å². The Morgan fingerprint density at radius 1 is 0.297 bits per heavy atom. The number of aromatic nitrogens is 2. The lowest BCUT2D eigenvalue weighted by atomic mass is 9.94. The van der Waals surface area contributed by atoms with Crippen LogP contribution >= 0.6 is 0 Å². The van der Waals surface area contributed by atoms with Crippen molar-refractivity contribution in [3.8, 4) is 11.4 Å². The zero-order valence-corrected chi connectivity index (χ0v) is 34.6. The molecule has 11 aromatic carbocycles. The van der Waals surface area contributed by atoms with E-state index in [2.05, 4.69) is 232 Å². The van der Waals surface area contributed by atoms with Crippen LogP contribution in [-0.2, 0) is 0 Å². The van der Waals surface area contributed by atoms with Gasteiger partial charge in [0.15, 0.2) is 0 Å². The summed E-state index contributed by atoms with van der Waals surface area (Å²) in [5.41, 5.74) is 11.8. The summed E-state index contributed by atoms with van der Waals surface area (Å²) >= 11 is 0. The molecule has 0 N–H and O–H groups in total. The minimum absolute atomic E-state index is 0.858. The highest BCUT2D eigenvalue weighted by atomic mass is 16.3. The second-order valence-corrected chi connectivity index (χ2v) is 16.8. The topological polar surface area (TPSA) is 26.2 Å². The molecule has 0 atom stereocenters. The first kappa shape index (κ1) is 35.0. The Labute approximate surface area is 367 Å². The molecule has 0 spiro atoms. The zero-order valence-electron chi connectivity index (χ0n) is 34.6. The molecule has 3 aromatic heterocycles. The Hall–Kier alpha value is -8.60. The summed E-state index contributed by atoms with van der Waals surface area (Å²) in [4.78, 5) is 2.44. The fraction of sp³-hybridized carbons (Fsp3) is 0. The molecule has 14 rings (SSSR count). The van der Waals surface area contributed by atoms with E-state index in [4.69, 9.17) is 4.42 Å². The maximum atomic E-state index is 6.59. The lowest BCUT2D eigenvalue weighted by Crippen LogP contribution is -2.10. The minimum Gasteiger partial charge on any atom is -0.456 e. The van der Waals surface area contributed by atoms with Crippen molar-refractivity contribution >= 4 is 115 Å². The second kappa shape index (κ2) is 13.4. The van der Waals surface area contributed by atoms with Crippen LogP contribution in [0.1, 0.15) is 0 Å². The fourth-order valence-electron chi connectivity index (χ4n) is 10.8. The molecule has 0 saturated carbocycles. The minimum atomic E-state index is 0.858. The number of furan rings is 1. The number of rotatable bonds is 5. The molecule has 0 saturated heterocycles. The molecule has 64 heavy (non-hydrogen) atoms. The van der Waals surface area contributed by atoms with Gasteiger partial charge >= 0.3 is 0 Å². The van der Waals surface area contributed by atoms with Crippen molar-refractivity contribution < 1.29 is 4.42 Å². The van der Waals surface area contributed by atoms with Gasteiger partial charge in [0.05, 0.1) is 33.4 Å². The fourth-order valence-corrected chi connectivity index (χ4v) is 10.8. The SMILES string of the molecule is c1ccc(-n2c3ccccc3c3c(-n4c5ccccc5c5c(N(c6ccc7c(c6)oc6ccccc67)c6ccc7c8ccccc8c8ccccc8c7c6)cccc54)cccc32)cc1. The van der Waals surface area contributed by atoms with Crippen LogP contribution in [0, 0.1) is 0 Å². The lowest BCUT2D eigenvalue weighted by molar-refractivity contribution is 0.669. The Balaban J connectivity index is 1.08. The first-order valence-electron chi connectivity index (χ1n) is 21.9. The highest BCUT2D eigenvalue weighted by Crippen LogP contribution is 2.48. The summed E-state index contributed by atoms with van der Waals surface area (Å²) in [7, 11) is 0. The van der Waals surface area contributed by atoms with Crippen molar-refractivity contribution in [2.45, 2.75) is 0 Å². The number of fused-ring (bicyclic) bond motifs is 15. The van der Waals surface area contributed by atoms with Crippen LogP contribution in [0.15, 0.2) is 229 Å². The molecule has 0 fully saturated rings. The van der Waals surface area contributed by atoms with E-state index in [1.165, 1.54) is 64.9 Å². The van der Waals surface area contributed by atoms with E-state index in [-0.39, 0.29) is 0 Å². The third kappa shape index (κ3) is 4.93. The van der Waals surface area contributed by atoms with Gasteiger partial charge in [-0.2, -0.15) is 0 Å². The average molecular weight is 816 g/mol. The first-order chi connectivity index (χ1) is 31.8. The highest BCUT2D eigenvalue weighted by molar-refractivity contribution is 6.26. The standard InChI is InChI=1S/C60H37N3O/c1-2-16-38(17-3-1)62-51-25-11-8-23-48(51)60-54(62)28-15-30-56(60)63-52-26-12-9-24-49(52)59-53(27-14-29-55(59)63)61(40-33-35-47-46-22-10-13-31-57(46)64-58(47)37-40)39-32-34-45-43-20-5-4-18-41(43)42-19-6-7-21-44(42)50(45)36-39/h1-37H. The van der Waals surface area contributed by atoms with Crippen molar-refractivity contribution in [2.75, 3.05) is 4.90 Å². The second-order valence-electron chi connectivity index (χ2n) is 16.8. The number of benzene rings is 11. The zero-order chi connectivity index (χ0) is 41.9. The molecular formula is C60H37N3O. The van der Waals surface area contributed by atoms with Gasteiger partial charge in [0.2, 0.25) is 0 Å². The van der Waals surface area contributed by atoms with Gasteiger partial charge < -0.3 is 18.5 Å². The quantitative estimate of drug-likeness (QED) is 0.162. The van der Waals surface area contributed by atoms with Gasteiger partial charge in [-0.3, -0.25) is 0 Å². The van der Waals surface area contributed by atoms with E-state index in [0.29, 0.717) is 0 Å². The van der Waals surface area contributed by atoms with Gasteiger partial charge in [0, 0.05) is 55.4 Å². The molecule has 0 unspecified atom stereocenters. The Morgan fingerprint density at radius 3 is 1.50 bits per heavy atom. The van der Waals surface area contributed by atoms with Crippen LogP contribution in [0.3, 0.4) is 0 Å². The lowest BCUT2D eigenvalue weighted by Gasteiger charge is -2.27. The summed E-state index contributed by atoms with van der Waals surface area (Å²) in [6.07, 6.45) is 0. The van der Waals surface area contributed by atoms with Crippen molar-refractivity contribution in [3.05, 3.63) is 224 Å². The van der Waals surface area contributed by atoms with Crippen molar-refractivity contribution in [3.63, 3.8) is 0 Å². The van der Waals surface area contributed by atoms with E-state index in [1.54, 1.807) is 0 Å². The molecule has 3 heterocycles. The molecule has 14 aromatic rings. The summed E-state index contributed by atoms with van der Waals surface area (Å²) in [5.74, 6) is 0. The maximum Gasteiger partial charge on any atom is 0.137 e. The molecule has 4 heteroatoms. The summed E-state index contributed by atoms with van der Waals surface area (Å²) in [6.45, 7) is 0. The van der Waals surface area contributed by atoms with E-state index in [1.807, 2.05) is 6.07 Å². The van der Waals surface area contributed by atoms with Gasteiger partial charge in [0.25, 0.3) is 0 Å². The maximum absolute atomic E-state index is 6.59. The molecule has 4 nitrogen and oxygen atoms in total. The van der Waals surface area contributed by atoms with Gasteiger partial charge in [-0.05, 0) is 111 Å². The van der Waals surface area contributed by atoms with E-state index >= 15 is 0 Å². The van der Waals surface area contributed by atoms with Gasteiger partial charge in [0.1, 0.15) is 11.2 Å². The van der Waals surface area contributed by atoms with Gasteiger partial charge in [-0.15, -0.1) is 0 Å². The summed E-state index contributed by atoms with van der Waals surface area (Å²) in [5, 5.41) is 14.5. The third-order valence-electron chi connectivity index (χ3n) is 13.5. The van der Waals surface area contributed by atoms with Crippen LogP contribution in [0.4, 0.5) is 17.1 Å². The molecule has 298 valence electrons. The molecule has 0 aliphatic rings. The van der Waals surface area contributed by atoms with E-state index < -0.39 is 0 Å². The number of anilines is 3. The largest absolute Gasteiger partial charge is 0.456 e. The summed E-state index contributed by atoms with van der Waals surface area (Å²) < 4.78 is 11.5. The van der Waals surface area contributed by atoms with Crippen LogP contribution in [0.5, 0.6) is 0 Å². The van der Waals surface area contributed by atoms with Gasteiger partial charge in [-0.1, -0.05) is 140 Å². The molecular weight excluding hydrogens is 779 g/mol. The Morgan fingerprint density at radius 2 is 0.781 bits per heavy atom. The average Bonchev–Trinajstić information content (AvgIpc) is 4.02. The normalized spacial score (nSPS) is 12.1. The molecule has 0 aliphatic heterocycles. The monoisotopic (exact) mass is 815 g/mol. The third-order valence-corrected chi connectivity index (χ3v) is 13.5. The molecule has 0 radical (unpaired) electrons. The highest BCUT2D eigenvalue weighted by Gasteiger charge is 2.25. The molecule has 0 aliphatic carbocycles. The van der Waals surface area contributed by atoms with Crippen molar-refractivity contribution in [1.82, 2.24) is 9.13 Å². The van der Waals surface area contributed by atoms with E-state index in [0.717, 1.165) is 61.4 Å². The smallest absolute Gasteiger partial charge is 0.137 e. The number of hydrogen-bond acceptors (Lipinski definition) is 2. The Kier molecular flexibility index (Phi) is 7.36. The predicted molar refractivity (Wildman–Crippen MR) is 270 cm³/mol. The van der Waals surface area contributed by atoms with Crippen LogP contribution in [0.25, 0.3) is 109 Å².